The van der Waals surface area contributed by atoms with E-state index in [1.165, 1.54) is 0 Å². The van der Waals surface area contributed by atoms with Crippen molar-refractivity contribution in [2.24, 2.45) is 15.4 Å². The molecule has 0 aromatic carbocycles. The van der Waals surface area contributed by atoms with Crippen LogP contribution in [0.1, 0.15) is 19.8 Å². The lowest BCUT2D eigenvalue weighted by atomic mass is 9.78. The van der Waals surface area contributed by atoms with E-state index < -0.39 is 0 Å². The van der Waals surface area contributed by atoms with Crippen molar-refractivity contribution in [3.05, 3.63) is 0 Å². The molecule has 2 fully saturated rings. The van der Waals surface area contributed by atoms with Gasteiger partial charge in [0.15, 0.2) is 0 Å². The van der Waals surface area contributed by atoms with Crippen molar-refractivity contribution in [1.29, 1.82) is 0 Å². The number of carbonyl (C=O) groups is 1. The molecule has 0 N–H and O–H groups in total. The van der Waals surface area contributed by atoms with Gasteiger partial charge in [0.25, 0.3) is 5.91 Å². The maximum Gasteiger partial charge on any atom is 0.260 e. The van der Waals surface area contributed by atoms with Gasteiger partial charge in [-0.05, 0) is 26.3 Å². The predicted octanol–water partition coefficient (Wildman–Crippen LogP) is 0.482. The van der Waals surface area contributed by atoms with Crippen LogP contribution in [-0.4, -0.2) is 42.0 Å². The fourth-order valence-electron chi connectivity index (χ4n) is 2.79. The molecule has 0 radical (unpaired) electrons. The zero-order valence-electron chi connectivity index (χ0n) is 8.29. The molecule has 3 heterocycles. The van der Waals surface area contributed by atoms with Crippen molar-refractivity contribution in [2.75, 3.05) is 19.6 Å². The normalized spacial score (nSPS) is 40.4. The number of aliphatic imine (C=N–C) groups is 2. The Kier molecular flexibility index (Phi) is 1.49. The molecule has 4 heteroatoms. The summed E-state index contributed by atoms with van der Waals surface area (Å²) in [7, 11) is 0. The van der Waals surface area contributed by atoms with E-state index in [0.717, 1.165) is 38.2 Å². The van der Waals surface area contributed by atoms with Crippen molar-refractivity contribution in [1.82, 2.24) is 4.90 Å². The molecule has 3 aliphatic rings. The second kappa shape index (κ2) is 2.51. The Hall–Kier alpha value is -1.03. The number of fused-ring (bicyclic) bond motifs is 1. The molecule has 0 aromatic heterocycles. The van der Waals surface area contributed by atoms with Crippen LogP contribution in [-0.2, 0) is 4.79 Å². The van der Waals surface area contributed by atoms with Crippen LogP contribution >= 0.6 is 0 Å². The van der Waals surface area contributed by atoms with E-state index in [9.17, 15) is 4.79 Å². The summed E-state index contributed by atoms with van der Waals surface area (Å²) < 4.78 is 0. The van der Waals surface area contributed by atoms with Crippen LogP contribution in [0.5, 0.6) is 0 Å². The molecule has 3 rings (SSSR count). The van der Waals surface area contributed by atoms with E-state index in [4.69, 9.17) is 0 Å². The van der Waals surface area contributed by atoms with Gasteiger partial charge in [0.2, 0.25) is 0 Å². The molecule has 2 unspecified atom stereocenters. The Balaban J connectivity index is 2.10. The summed E-state index contributed by atoms with van der Waals surface area (Å²) in [6.07, 6.45) is 2.04. The third-order valence-corrected chi connectivity index (χ3v) is 3.47. The molecule has 2 saturated heterocycles. The highest BCUT2D eigenvalue weighted by Gasteiger charge is 2.52. The zero-order chi connectivity index (χ0) is 9.76. The molecule has 14 heavy (non-hydrogen) atoms. The molecular weight excluding hydrogens is 178 g/mol. The van der Waals surface area contributed by atoms with Crippen molar-refractivity contribution < 1.29 is 4.79 Å². The molecule has 1 amide bonds. The van der Waals surface area contributed by atoms with Gasteiger partial charge in [0, 0.05) is 13.1 Å². The Morgan fingerprint density at radius 3 is 3.14 bits per heavy atom. The lowest BCUT2D eigenvalue weighted by Crippen LogP contribution is -2.43. The number of amidine groups is 1. The average molecular weight is 191 g/mol. The molecule has 3 aliphatic heterocycles. The quantitative estimate of drug-likeness (QED) is 0.559. The standard InChI is InChI=1S/C10H13N3O/c1-7-11-8-5-13-4-2-3-10(8,6-13)9(14)12-7/h2-6H2,1H3. The number of nitrogens with zero attached hydrogens (tertiary/aromatic N) is 3. The lowest BCUT2D eigenvalue weighted by Gasteiger charge is -2.31. The highest BCUT2D eigenvalue weighted by molar-refractivity contribution is 6.20. The molecule has 0 aromatic rings. The van der Waals surface area contributed by atoms with E-state index >= 15 is 0 Å². The van der Waals surface area contributed by atoms with Crippen LogP contribution in [0.25, 0.3) is 0 Å². The van der Waals surface area contributed by atoms with Gasteiger partial charge in [-0.3, -0.25) is 9.69 Å². The molecule has 1 spiro atoms. The average Bonchev–Trinajstić information content (AvgIpc) is 2.38. The second-order valence-corrected chi connectivity index (χ2v) is 4.42. The minimum Gasteiger partial charge on any atom is -0.296 e. The van der Waals surface area contributed by atoms with E-state index in [1.807, 2.05) is 0 Å². The summed E-state index contributed by atoms with van der Waals surface area (Å²) in [5.74, 6) is 0.673. The number of rotatable bonds is 0. The Morgan fingerprint density at radius 1 is 1.43 bits per heavy atom. The van der Waals surface area contributed by atoms with Gasteiger partial charge in [0.05, 0.1) is 5.71 Å². The first-order valence-electron chi connectivity index (χ1n) is 5.11. The Labute approximate surface area is 82.7 Å². The second-order valence-electron chi connectivity index (χ2n) is 4.42. The van der Waals surface area contributed by atoms with Crippen LogP contribution in [0.4, 0.5) is 0 Å². The van der Waals surface area contributed by atoms with Crippen LogP contribution in [0.15, 0.2) is 9.98 Å². The summed E-state index contributed by atoms with van der Waals surface area (Å²) in [6.45, 7) is 4.63. The van der Waals surface area contributed by atoms with Crippen LogP contribution in [0.3, 0.4) is 0 Å². The van der Waals surface area contributed by atoms with Gasteiger partial charge < -0.3 is 0 Å². The molecule has 2 bridgehead atoms. The third-order valence-electron chi connectivity index (χ3n) is 3.47. The van der Waals surface area contributed by atoms with E-state index in [2.05, 4.69) is 14.9 Å². The lowest BCUT2D eigenvalue weighted by molar-refractivity contribution is -0.125. The van der Waals surface area contributed by atoms with Crippen LogP contribution in [0.2, 0.25) is 0 Å². The maximum absolute atomic E-state index is 11.9. The fraction of sp³-hybridized carbons (Fsp3) is 0.700. The Bertz CT molecular complexity index is 372. The number of amides is 1. The van der Waals surface area contributed by atoms with Gasteiger partial charge in [-0.2, -0.15) is 4.99 Å². The van der Waals surface area contributed by atoms with E-state index in [0.29, 0.717) is 5.84 Å². The minimum atomic E-state index is -0.322. The summed E-state index contributed by atoms with van der Waals surface area (Å²) in [6, 6.07) is 0. The topological polar surface area (TPSA) is 45.0 Å². The van der Waals surface area contributed by atoms with E-state index in [1.54, 1.807) is 6.92 Å². The van der Waals surface area contributed by atoms with Gasteiger partial charge >= 0.3 is 0 Å². The molecule has 74 valence electrons. The monoisotopic (exact) mass is 191 g/mol. The summed E-state index contributed by atoms with van der Waals surface area (Å²) >= 11 is 0. The highest BCUT2D eigenvalue weighted by atomic mass is 16.2. The van der Waals surface area contributed by atoms with Crippen LogP contribution in [0, 0.1) is 5.41 Å². The number of carbonyl (C=O) groups excluding carboxylic acids is 1. The minimum absolute atomic E-state index is 0.0437. The number of hydrogen-bond acceptors (Lipinski definition) is 3. The van der Waals surface area contributed by atoms with E-state index in [-0.39, 0.29) is 11.3 Å². The number of piperidine rings is 1. The predicted molar refractivity (Wildman–Crippen MR) is 53.7 cm³/mol. The zero-order valence-corrected chi connectivity index (χ0v) is 8.29. The van der Waals surface area contributed by atoms with Crippen molar-refractivity contribution in [2.45, 2.75) is 19.8 Å². The molecule has 0 saturated carbocycles. The third kappa shape index (κ3) is 0.892. The highest BCUT2D eigenvalue weighted by Crippen LogP contribution is 2.40. The molecular formula is C10H13N3O. The van der Waals surface area contributed by atoms with Gasteiger partial charge in [-0.25, -0.2) is 4.99 Å². The smallest absolute Gasteiger partial charge is 0.260 e. The first kappa shape index (κ1) is 8.29. The summed E-state index contributed by atoms with van der Waals surface area (Å²) in [5.41, 5.74) is 0.741. The summed E-state index contributed by atoms with van der Waals surface area (Å²) in [4.78, 5) is 22.7. The first-order chi connectivity index (χ1) is 6.71. The van der Waals surface area contributed by atoms with Gasteiger partial charge in [0.1, 0.15) is 11.3 Å². The fourth-order valence-corrected chi connectivity index (χ4v) is 2.79. The first-order valence-corrected chi connectivity index (χ1v) is 5.11. The van der Waals surface area contributed by atoms with Crippen molar-refractivity contribution >= 4 is 17.5 Å². The van der Waals surface area contributed by atoms with Gasteiger partial charge in [-0.15, -0.1) is 0 Å². The molecule has 0 aliphatic carbocycles. The largest absolute Gasteiger partial charge is 0.296 e. The van der Waals surface area contributed by atoms with Gasteiger partial charge in [-0.1, -0.05) is 0 Å². The SMILES string of the molecule is CC1=NC(=O)C23CCCN(CC2=N1)C3. The summed E-state index contributed by atoms with van der Waals surface area (Å²) in [5, 5.41) is 0. The number of hydrogen-bond donors (Lipinski definition) is 0. The van der Waals surface area contributed by atoms with Crippen molar-refractivity contribution in [3.8, 4) is 0 Å². The molecule has 4 nitrogen and oxygen atoms in total. The van der Waals surface area contributed by atoms with Crippen LogP contribution < -0.4 is 0 Å². The Morgan fingerprint density at radius 2 is 2.29 bits per heavy atom. The van der Waals surface area contributed by atoms with Crippen molar-refractivity contribution in [3.63, 3.8) is 0 Å². The maximum atomic E-state index is 11.9. The molecule has 2 atom stereocenters.